The molecule has 0 radical (unpaired) electrons. The quantitative estimate of drug-likeness (QED) is 0.329. The molecule has 0 bridgehead atoms. The zero-order valence-electron chi connectivity index (χ0n) is 18.3. The molecule has 0 aliphatic rings. The van der Waals surface area contributed by atoms with E-state index >= 15 is 0 Å². The molecule has 0 saturated heterocycles. The van der Waals surface area contributed by atoms with Gasteiger partial charge in [-0.3, -0.25) is 4.79 Å². The predicted octanol–water partition coefficient (Wildman–Crippen LogP) is 6.53. The van der Waals surface area contributed by atoms with Crippen molar-refractivity contribution in [3.8, 4) is 23.0 Å². The van der Waals surface area contributed by atoms with Crippen LogP contribution in [0.25, 0.3) is 22.6 Å². The number of benzene rings is 3. The average Bonchev–Trinajstić information content (AvgIpc) is 3.18. The van der Waals surface area contributed by atoms with Gasteiger partial charge in [-0.05, 0) is 96.4 Å². The second kappa shape index (κ2) is 9.04. The highest BCUT2D eigenvalue weighted by Crippen LogP contribution is 2.33. The van der Waals surface area contributed by atoms with Crippen LogP contribution in [0, 0.1) is 13.8 Å². The summed E-state index contributed by atoms with van der Waals surface area (Å²) in [5.41, 5.74) is 5.56. The number of rotatable bonds is 6. The Balaban J connectivity index is 1.65. The van der Waals surface area contributed by atoms with Crippen LogP contribution in [0.1, 0.15) is 28.4 Å². The first-order valence-corrected chi connectivity index (χ1v) is 11.0. The molecule has 0 unspecified atom stereocenters. The SMILES string of the molecule is CCOc1ccc(C(=O)Nc2cc(-c3nc4cc(C)c(C)cc4o3)ccc2OC)cc1Br. The molecule has 7 heteroatoms. The molecule has 0 fully saturated rings. The molecule has 0 aliphatic carbocycles. The monoisotopic (exact) mass is 494 g/mol. The lowest BCUT2D eigenvalue weighted by atomic mass is 10.1. The Morgan fingerprint density at radius 3 is 2.53 bits per heavy atom. The van der Waals surface area contributed by atoms with Crippen LogP contribution in [-0.2, 0) is 0 Å². The number of halogens is 1. The molecule has 1 amide bonds. The maximum absolute atomic E-state index is 12.9. The van der Waals surface area contributed by atoms with Gasteiger partial charge in [0, 0.05) is 11.1 Å². The third-order valence-electron chi connectivity index (χ3n) is 5.19. The molecule has 32 heavy (non-hydrogen) atoms. The Hall–Kier alpha value is -3.32. The van der Waals surface area contributed by atoms with Crippen molar-refractivity contribution in [2.75, 3.05) is 19.0 Å². The van der Waals surface area contributed by atoms with E-state index in [-0.39, 0.29) is 5.91 Å². The minimum absolute atomic E-state index is 0.270. The number of anilines is 1. The smallest absolute Gasteiger partial charge is 0.255 e. The molecule has 4 aromatic rings. The van der Waals surface area contributed by atoms with Gasteiger partial charge < -0.3 is 19.2 Å². The van der Waals surface area contributed by atoms with E-state index in [9.17, 15) is 4.79 Å². The first kappa shape index (κ1) is 21.9. The first-order chi connectivity index (χ1) is 15.4. The number of oxazole rings is 1. The average molecular weight is 495 g/mol. The van der Waals surface area contributed by atoms with Gasteiger partial charge in [0.25, 0.3) is 5.91 Å². The Labute approximate surface area is 194 Å². The molecule has 1 N–H and O–H groups in total. The summed E-state index contributed by atoms with van der Waals surface area (Å²) in [6.07, 6.45) is 0. The summed E-state index contributed by atoms with van der Waals surface area (Å²) in [5, 5.41) is 2.92. The van der Waals surface area contributed by atoms with Crippen molar-refractivity contribution in [1.29, 1.82) is 0 Å². The molecule has 6 nitrogen and oxygen atoms in total. The summed E-state index contributed by atoms with van der Waals surface area (Å²) in [4.78, 5) is 17.5. The number of hydrogen-bond acceptors (Lipinski definition) is 5. The van der Waals surface area contributed by atoms with Gasteiger partial charge in [-0.1, -0.05) is 0 Å². The number of ether oxygens (including phenoxy) is 2. The lowest BCUT2D eigenvalue weighted by molar-refractivity contribution is 0.102. The molecule has 1 aromatic heterocycles. The largest absolute Gasteiger partial charge is 0.495 e. The number of carbonyl (C=O) groups excluding carboxylic acids is 1. The van der Waals surface area contributed by atoms with Crippen LogP contribution < -0.4 is 14.8 Å². The fraction of sp³-hybridized carbons (Fsp3) is 0.200. The van der Waals surface area contributed by atoms with E-state index in [4.69, 9.17) is 13.9 Å². The van der Waals surface area contributed by atoms with Crippen molar-refractivity contribution >= 4 is 38.6 Å². The fourth-order valence-electron chi connectivity index (χ4n) is 3.35. The first-order valence-electron chi connectivity index (χ1n) is 10.2. The maximum Gasteiger partial charge on any atom is 0.255 e. The van der Waals surface area contributed by atoms with Gasteiger partial charge in [-0.2, -0.15) is 0 Å². The number of aromatic nitrogens is 1. The van der Waals surface area contributed by atoms with Gasteiger partial charge in [0.15, 0.2) is 5.58 Å². The molecule has 1 heterocycles. The number of nitrogens with one attached hydrogen (secondary N) is 1. The van der Waals surface area contributed by atoms with Crippen molar-refractivity contribution in [2.45, 2.75) is 20.8 Å². The minimum Gasteiger partial charge on any atom is -0.495 e. The van der Waals surface area contributed by atoms with Gasteiger partial charge in [0.1, 0.15) is 17.0 Å². The van der Waals surface area contributed by atoms with E-state index < -0.39 is 0 Å². The topological polar surface area (TPSA) is 73.6 Å². The molecule has 4 rings (SSSR count). The van der Waals surface area contributed by atoms with Crippen LogP contribution in [0.2, 0.25) is 0 Å². The van der Waals surface area contributed by atoms with Gasteiger partial charge in [-0.15, -0.1) is 0 Å². The zero-order chi connectivity index (χ0) is 22.8. The summed E-state index contributed by atoms with van der Waals surface area (Å²) in [6, 6.07) is 14.6. The number of hydrogen-bond donors (Lipinski definition) is 1. The van der Waals surface area contributed by atoms with E-state index in [1.54, 1.807) is 37.4 Å². The van der Waals surface area contributed by atoms with Crippen molar-refractivity contribution in [3.05, 3.63) is 69.7 Å². The van der Waals surface area contributed by atoms with Crippen LogP contribution in [0.5, 0.6) is 11.5 Å². The van der Waals surface area contributed by atoms with Crippen LogP contribution in [0.15, 0.2) is 57.4 Å². The number of carbonyl (C=O) groups is 1. The van der Waals surface area contributed by atoms with Crippen LogP contribution in [0.4, 0.5) is 5.69 Å². The molecular formula is C25H23BrN2O4. The number of methoxy groups -OCH3 is 1. The van der Waals surface area contributed by atoms with Crippen molar-refractivity contribution in [3.63, 3.8) is 0 Å². The Bertz CT molecular complexity index is 1270. The Morgan fingerprint density at radius 2 is 1.81 bits per heavy atom. The van der Waals surface area contributed by atoms with Crippen LogP contribution in [0.3, 0.4) is 0 Å². The Morgan fingerprint density at radius 1 is 1.06 bits per heavy atom. The summed E-state index contributed by atoms with van der Waals surface area (Å²) in [6.45, 7) is 6.54. The molecule has 164 valence electrons. The van der Waals surface area contributed by atoms with Gasteiger partial charge >= 0.3 is 0 Å². The van der Waals surface area contributed by atoms with Crippen molar-refractivity contribution < 1.29 is 18.7 Å². The van der Waals surface area contributed by atoms with Crippen LogP contribution >= 0.6 is 15.9 Å². The second-order valence-corrected chi connectivity index (χ2v) is 8.22. The van der Waals surface area contributed by atoms with E-state index in [2.05, 4.69) is 26.2 Å². The highest BCUT2D eigenvalue weighted by molar-refractivity contribution is 9.10. The highest BCUT2D eigenvalue weighted by atomic mass is 79.9. The van der Waals surface area contributed by atoms with Crippen LogP contribution in [-0.4, -0.2) is 24.6 Å². The summed E-state index contributed by atoms with van der Waals surface area (Å²) in [5.74, 6) is 1.43. The third-order valence-corrected chi connectivity index (χ3v) is 5.81. The molecule has 0 atom stereocenters. The van der Waals surface area contributed by atoms with E-state index in [1.165, 1.54) is 0 Å². The third kappa shape index (κ3) is 4.34. The standard InChI is InChI=1S/C25H23BrN2O4/c1-5-31-21-8-6-16(12-18(21)26)24(29)27-20-13-17(7-9-22(20)30-4)25-28-19-10-14(2)15(3)11-23(19)32-25/h6-13H,5H2,1-4H3,(H,27,29). The molecule has 0 saturated carbocycles. The lowest BCUT2D eigenvalue weighted by Gasteiger charge is -2.12. The summed E-state index contributed by atoms with van der Waals surface area (Å²) < 4.78 is 17.6. The number of aryl methyl sites for hydroxylation is 2. The van der Waals surface area contributed by atoms with E-state index in [0.717, 1.165) is 27.8 Å². The second-order valence-electron chi connectivity index (χ2n) is 7.37. The van der Waals surface area contributed by atoms with Crippen molar-refractivity contribution in [2.24, 2.45) is 0 Å². The lowest BCUT2D eigenvalue weighted by Crippen LogP contribution is -2.13. The predicted molar refractivity (Wildman–Crippen MR) is 129 cm³/mol. The van der Waals surface area contributed by atoms with E-state index in [1.807, 2.05) is 39.0 Å². The highest BCUT2D eigenvalue weighted by Gasteiger charge is 2.16. The molecule has 0 spiro atoms. The zero-order valence-corrected chi connectivity index (χ0v) is 19.9. The molecule has 0 aliphatic heterocycles. The fourth-order valence-corrected chi connectivity index (χ4v) is 3.84. The normalized spacial score (nSPS) is 10.9. The minimum atomic E-state index is -0.270. The number of fused-ring (bicyclic) bond motifs is 1. The number of nitrogens with zero attached hydrogens (tertiary/aromatic N) is 1. The van der Waals surface area contributed by atoms with Gasteiger partial charge in [0.2, 0.25) is 5.89 Å². The number of amides is 1. The molecule has 3 aromatic carbocycles. The maximum atomic E-state index is 12.9. The molecular weight excluding hydrogens is 472 g/mol. The van der Waals surface area contributed by atoms with Gasteiger partial charge in [0.05, 0.1) is 23.9 Å². The van der Waals surface area contributed by atoms with E-state index in [0.29, 0.717) is 39.7 Å². The summed E-state index contributed by atoms with van der Waals surface area (Å²) >= 11 is 3.45. The van der Waals surface area contributed by atoms with Gasteiger partial charge in [-0.25, -0.2) is 4.98 Å². The summed E-state index contributed by atoms with van der Waals surface area (Å²) in [7, 11) is 1.56. The Kier molecular flexibility index (Phi) is 6.19. The van der Waals surface area contributed by atoms with Crippen molar-refractivity contribution in [1.82, 2.24) is 4.98 Å².